The fraction of sp³-hybridized carbons (Fsp3) is 0.476. The summed E-state index contributed by atoms with van der Waals surface area (Å²) in [5.41, 5.74) is 1.98. The number of fused-ring (bicyclic) bond motifs is 1. The summed E-state index contributed by atoms with van der Waals surface area (Å²) in [4.78, 5) is 17.1. The third-order valence-corrected chi connectivity index (χ3v) is 5.73. The number of nitrogens with zero attached hydrogens (tertiary/aromatic N) is 4. The van der Waals surface area contributed by atoms with E-state index in [9.17, 15) is 4.79 Å². The third kappa shape index (κ3) is 4.24. The zero-order valence-corrected chi connectivity index (χ0v) is 17.6. The molecule has 0 radical (unpaired) electrons. The number of hydrogen-bond donors (Lipinski definition) is 0. The fourth-order valence-electron chi connectivity index (χ4n) is 4.26. The van der Waals surface area contributed by atoms with Crippen LogP contribution in [0.25, 0.3) is 0 Å². The van der Waals surface area contributed by atoms with Crippen LogP contribution in [-0.4, -0.2) is 46.9 Å². The highest BCUT2D eigenvalue weighted by Crippen LogP contribution is 2.39. The summed E-state index contributed by atoms with van der Waals surface area (Å²) in [5.74, 6) is 1.70. The average Bonchev–Trinajstić information content (AvgIpc) is 3.26. The molecule has 2 heterocycles. The number of ether oxygens (including phenoxy) is 2. The van der Waals surface area contributed by atoms with E-state index in [2.05, 4.69) is 4.98 Å². The van der Waals surface area contributed by atoms with Crippen molar-refractivity contribution in [2.24, 2.45) is 16.9 Å². The van der Waals surface area contributed by atoms with Gasteiger partial charge in [0.05, 0.1) is 32.8 Å². The molecule has 0 N–H and O–H groups in total. The summed E-state index contributed by atoms with van der Waals surface area (Å²) in [6.45, 7) is 1.21. The number of hydrazone groups is 1. The second-order valence-corrected chi connectivity index (χ2v) is 7.31. The van der Waals surface area contributed by atoms with Crippen LogP contribution < -0.4 is 9.47 Å². The Morgan fingerprint density at radius 1 is 1.07 bits per heavy atom. The minimum absolute atomic E-state index is 0. The fourth-order valence-corrected chi connectivity index (χ4v) is 4.26. The van der Waals surface area contributed by atoms with E-state index < -0.39 is 0 Å². The molecule has 8 heteroatoms. The summed E-state index contributed by atoms with van der Waals surface area (Å²) in [5, 5.41) is 6.47. The maximum absolute atomic E-state index is 13.1. The maximum Gasteiger partial charge on any atom is 0.246 e. The molecule has 2 aliphatic rings. The van der Waals surface area contributed by atoms with Gasteiger partial charge in [0.25, 0.3) is 0 Å². The van der Waals surface area contributed by atoms with Gasteiger partial charge in [-0.1, -0.05) is 12.8 Å². The van der Waals surface area contributed by atoms with Gasteiger partial charge < -0.3 is 14.0 Å². The highest BCUT2D eigenvalue weighted by molar-refractivity contribution is 6.07. The second kappa shape index (κ2) is 9.31. The molecule has 0 spiro atoms. The topological polar surface area (TPSA) is 69.0 Å². The summed E-state index contributed by atoms with van der Waals surface area (Å²) in [6.07, 6.45) is 9.56. The lowest BCUT2D eigenvalue weighted by Gasteiger charge is -2.38. The van der Waals surface area contributed by atoms with Crippen molar-refractivity contribution in [1.82, 2.24) is 14.6 Å². The highest BCUT2D eigenvalue weighted by Gasteiger charge is 2.41. The van der Waals surface area contributed by atoms with E-state index in [4.69, 9.17) is 14.6 Å². The first-order valence-corrected chi connectivity index (χ1v) is 9.79. The largest absolute Gasteiger partial charge is 0.493 e. The summed E-state index contributed by atoms with van der Waals surface area (Å²) in [6, 6.07) is 5.88. The Labute approximate surface area is 177 Å². The van der Waals surface area contributed by atoms with Gasteiger partial charge in [0.15, 0.2) is 11.5 Å². The molecule has 2 aromatic rings. The molecule has 1 aromatic heterocycles. The number of halogens is 1. The van der Waals surface area contributed by atoms with Crippen molar-refractivity contribution >= 4 is 24.0 Å². The van der Waals surface area contributed by atoms with Crippen molar-refractivity contribution in [3.8, 4) is 11.5 Å². The number of benzene rings is 1. The highest BCUT2D eigenvalue weighted by atomic mass is 35.5. The molecule has 29 heavy (non-hydrogen) atoms. The van der Waals surface area contributed by atoms with Gasteiger partial charge in [-0.05, 0) is 31.0 Å². The molecule has 1 amide bonds. The lowest BCUT2D eigenvalue weighted by molar-refractivity contribution is -0.139. The Balaban J connectivity index is 0.00000240. The minimum Gasteiger partial charge on any atom is -0.493 e. The second-order valence-electron chi connectivity index (χ2n) is 7.31. The molecule has 1 aromatic carbocycles. The molecule has 0 saturated heterocycles. The predicted octanol–water partition coefficient (Wildman–Crippen LogP) is 3.38. The molecule has 1 aliphatic carbocycles. The first-order chi connectivity index (χ1) is 13.7. The summed E-state index contributed by atoms with van der Waals surface area (Å²) < 4.78 is 12.8. The van der Waals surface area contributed by atoms with Crippen LogP contribution in [0.2, 0.25) is 0 Å². The number of hydrogen-bond acceptors (Lipinski definition) is 5. The van der Waals surface area contributed by atoms with Crippen LogP contribution in [0, 0.1) is 11.8 Å². The van der Waals surface area contributed by atoms with E-state index in [0.717, 1.165) is 37.0 Å². The zero-order valence-electron chi connectivity index (χ0n) is 16.8. The number of methoxy groups -OCH3 is 2. The van der Waals surface area contributed by atoms with Gasteiger partial charge in [-0.2, -0.15) is 5.10 Å². The molecule has 2 atom stereocenters. The van der Waals surface area contributed by atoms with E-state index >= 15 is 0 Å². The monoisotopic (exact) mass is 418 g/mol. The summed E-state index contributed by atoms with van der Waals surface area (Å²) in [7, 11) is 3.26. The smallest absolute Gasteiger partial charge is 0.246 e. The standard InChI is InChI=1S/C21H26N4O3.ClH/c1-27-18-8-7-15(13-19(18)28-2)20-16-5-3-4-6-17(16)21(26)25(23-20)12-11-24-10-9-22-14-24;/h7-10,13-14,16-17H,3-6,11-12H2,1-2H3;1H/t16-,17+;/m0./s1. The lowest BCUT2D eigenvalue weighted by Crippen LogP contribution is -2.46. The molecule has 156 valence electrons. The van der Waals surface area contributed by atoms with Gasteiger partial charge in [-0.25, -0.2) is 9.99 Å². The molecule has 1 fully saturated rings. The quantitative estimate of drug-likeness (QED) is 0.721. The van der Waals surface area contributed by atoms with Crippen molar-refractivity contribution in [3.05, 3.63) is 42.5 Å². The Morgan fingerprint density at radius 2 is 1.83 bits per heavy atom. The molecule has 4 rings (SSSR count). The molecular weight excluding hydrogens is 392 g/mol. The predicted molar refractivity (Wildman–Crippen MR) is 113 cm³/mol. The van der Waals surface area contributed by atoms with Crippen LogP contribution in [0.5, 0.6) is 11.5 Å². The van der Waals surface area contributed by atoms with Gasteiger partial charge in [-0.3, -0.25) is 4.79 Å². The van der Waals surface area contributed by atoms with Crippen LogP contribution >= 0.6 is 12.4 Å². The summed E-state index contributed by atoms with van der Waals surface area (Å²) >= 11 is 0. The van der Waals surface area contributed by atoms with Crippen molar-refractivity contribution < 1.29 is 14.3 Å². The van der Waals surface area contributed by atoms with E-state index in [-0.39, 0.29) is 30.2 Å². The minimum atomic E-state index is 0. The lowest BCUT2D eigenvalue weighted by atomic mass is 9.73. The van der Waals surface area contributed by atoms with E-state index in [1.807, 2.05) is 29.0 Å². The van der Waals surface area contributed by atoms with Gasteiger partial charge in [0.2, 0.25) is 5.91 Å². The van der Waals surface area contributed by atoms with Crippen LogP contribution in [0.1, 0.15) is 31.2 Å². The number of carbonyl (C=O) groups excluding carboxylic acids is 1. The number of carbonyl (C=O) groups is 1. The Bertz CT molecular complexity index is 869. The third-order valence-electron chi connectivity index (χ3n) is 5.73. The molecule has 7 nitrogen and oxygen atoms in total. The van der Waals surface area contributed by atoms with Crippen molar-refractivity contribution in [2.45, 2.75) is 32.2 Å². The van der Waals surface area contributed by atoms with E-state index in [1.54, 1.807) is 31.8 Å². The molecule has 0 bridgehead atoms. The van der Waals surface area contributed by atoms with Crippen LogP contribution in [-0.2, 0) is 11.3 Å². The SMILES string of the molecule is COc1ccc(C2=NN(CCn3ccnc3)C(=O)[C@@H]3CCCC[C@H]23)cc1OC.Cl. The Morgan fingerprint density at radius 3 is 2.52 bits per heavy atom. The van der Waals surface area contributed by atoms with Crippen LogP contribution in [0.3, 0.4) is 0 Å². The van der Waals surface area contributed by atoms with E-state index in [1.165, 1.54) is 0 Å². The van der Waals surface area contributed by atoms with Gasteiger partial charge in [0, 0.05) is 36.3 Å². The Kier molecular flexibility index (Phi) is 6.79. The number of aromatic nitrogens is 2. The van der Waals surface area contributed by atoms with Crippen molar-refractivity contribution in [1.29, 1.82) is 0 Å². The molecule has 0 unspecified atom stereocenters. The van der Waals surface area contributed by atoms with Gasteiger partial charge >= 0.3 is 0 Å². The van der Waals surface area contributed by atoms with Gasteiger partial charge in [-0.15, -0.1) is 12.4 Å². The molecule has 1 saturated carbocycles. The normalized spacial score (nSPS) is 21.1. The number of amides is 1. The first kappa shape index (κ1) is 21.2. The van der Waals surface area contributed by atoms with Crippen LogP contribution in [0.4, 0.5) is 0 Å². The van der Waals surface area contributed by atoms with E-state index in [0.29, 0.717) is 24.6 Å². The molecular formula is C21H27ClN4O3. The van der Waals surface area contributed by atoms with Gasteiger partial charge in [0.1, 0.15) is 0 Å². The first-order valence-electron chi connectivity index (χ1n) is 9.79. The average molecular weight is 419 g/mol. The molecule has 1 aliphatic heterocycles. The zero-order chi connectivity index (χ0) is 19.5. The maximum atomic E-state index is 13.1. The van der Waals surface area contributed by atoms with Crippen molar-refractivity contribution in [2.75, 3.05) is 20.8 Å². The number of rotatable bonds is 6. The van der Waals surface area contributed by atoms with Crippen molar-refractivity contribution in [3.63, 3.8) is 0 Å². The van der Waals surface area contributed by atoms with Crippen LogP contribution in [0.15, 0.2) is 42.0 Å². The number of imidazole rings is 1. The Hall–Kier alpha value is -2.54.